The van der Waals surface area contributed by atoms with Crippen molar-refractivity contribution in [3.8, 4) is 11.1 Å². The Bertz CT molecular complexity index is 813. The highest BCUT2D eigenvalue weighted by Gasteiger charge is 2.32. The number of hydrogen-bond acceptors (Lipinski definition) is 6. The minimum Gasteiger partial charge on any atom is -0.441 e. The Morgan fingerprint density at radius 2 is 2.31 bits per heavy atom. The highest BCUT2D eigenvalue weighted by atomic mass is 19.1. The lowest BCUT2D eigenvalue weighted by Crippen LogP contribution is -2.25. The van der Waals surface area contributed by atoms with Crippen molar-refractivity contribution in [2.45, 2.75) is 6.10 Å². The van der Waals surface area contributed by atoms with Crippen molar-refractivity contribution in [3.05, 3.63) is 42.3 Å². The molecule has 1 aliphatic rings. The predicted molar refractivity (Wildman–Crippen MR) is 95.5 cm³/mol. The van der Waals surface area contributed by atoms with Crippen molar-refractivity contribution in [2.24, 2.45) is 4.99 Å². The highest BCUT2D eigenvalue weighted by molar-refractivity contribution is 5.90. The van der Waals surface area contributed by atoms with Crippen molar-refractivity contribution in [3.63, 3.8) is 0 Å². The smallest absolute Gasteiger partial charge is 0.414 e. The molecule has 0 saturated carbocycles. The second kappa shape index (κ2) is 7.79. The van der Waals surface area contributed by atoms with Gasteiger partial charge in [-0.2, -0.15) is 0 Å². The first kappa shape index (κ1) is 17.6. The van der Waals surface area contributed by atoms with Gasteiger partial charge in [0.25, 0.3) is 0 Å². The summed E-state index contributed by atoms with van der Waals surface area (Å²) in [4.78, 5) is 21.0. The van der Waals surface area contributed by atoms with Gasteiger partial charge in [-0.1, -0.05) is 0 Å². The number of aliphatic imine (C=N–C) groups is 1. The minimum absolute atomic E-state index is 0.185. The third-order valence-corrected chi connectivity index (χ3v) is 3.81. The van der Waals surface area contributed by atoms with Crippen LogP contribution in [0.5, 0.6) is 0 Å². The number of anilines is 2. The third kappa shape index (κ3) is 3.72. The number of amides is 1. The van der Waals surface area contributed by atoms with Crippen molar-refractivity contribution < 1.29 is 19.0 Å². The number of hydrazine groups is 1. The van der Waals surface area contributed by atoms with Crippen LogP contribution in [0.1, 0.15) is 0 Å². The molecular formula is C17H18FN5O3. The van der Waals surface area contributed by atoms with Crippen molar-refractivity contribution in [1.82, 2.24) is 10.4 Å². The molecule has 26 heavy (non-hydrogen) atoms. The molecule has 0 spiro atoms. The summed E-state index contributed by atoms with van der Waals surface area (Å²) in [6.45, 7) is -0.0854. The molecule has 1 aromatic heterocycles. The normalized spacial score (nSPS) is 16.8. The van der Waals surface area contributed by atoms with Gasteiger partial charge in [-0.25, -0.2) is 14.2 Å². The summed E-state index contributed by atoms with van der Waals surface area (Å²) in [6.07, 6.45) is 1.81. The van der Waals surface area contributed by atoms with Crippen molar-refractivity contribution >= 4 is 23.9 Å². The molecule has 2 aromatic rings. The number of carbonyl (C=O) groups excluding carboxylic acids is 1. The summed E-state index contributed by atoms with van der Waals surface area (Å²) in [6, 6.07) is 7.90. The first-order valence-corrected chi connectivity index (χ1v) is 7.89. The maximum Gasteiger partial charge on any atom is 0.414 e. The van der Waals surface area contributed by atoms with Gasteiger partial charge in [0.15, 0.2) is 0 Å². The van der Waals surface area contributed by atoms with Crippen LogP contribution < -0.4 is 15.8 Å². The number of carbonyl (C=O) groups is 1. The van der Waals surface area contributed by atoms with Crippen LogP contribution in [0, 0.1) is 5.82 Å². The second-order valence-electron chi connectivity index (χ2n) is 5.55. The molecule has 0 aliphatic carbocycles. The number of benzene rings is 1. The molecule has 136 valence electrons. The number of hydrogen-bond donors (Lipinski definition) is 3. The van der Waals surface area contributed by atoms with Gasteiger partial charge in [-0.3, -0.25) is 20.7 Å². The molecule has 1 amide bonds. The lowest BCUT2D eigenvalue weighted by atomic mass is 10.1. The van der Waals surface area contributed by atoms with Crippen molar-refractivity contribution in [2.75, 3.05) is 30.5 Å². The second-order valence-corrected chi connectivity index (χ2v) is 5.55. The van der Waals surface area contributed by atoms with E-state index >= 15 is 0 Å². The van der Waals surface area contributed by atoms with E-state index in [1.807, 2.05) is 0 Å². The lowest BCUT2D eigenvalue weighted by molar-refractivity contribution is 0.0963. The molecule has 1 aliphatic heterocycles. The quantitative estimate of drug-likeness (QED) is 0.413. The number of halogens is 1. The third-order valence-electron chi connectivity index (χ3n) is 3.81. The number of cyclic esters (lactones) is 1. The van der Waals surface area contributed by atoms with Crippen LogP contribution in [0.15, 0.2) is 41.5 Å². The average molecular weight is 359 g/mol. The number of aliphatic hydroxyl groups is 1. The van der Waals surface area contributed by atoms with Crippen molar-refractivity contribution in [1.29, 1.82) is 0 Å². The number of aromatic nitrogens is 1. The summed E-state index contributed by atoms with van der Waals surface area (Å²) in [5, 5.41) is 9.08. The maximum atomic E-state index is 14.5. The highest BCUT2D eigenvalue weighted by Crippen LogP contribution is 2.29. The zero-order chi connectivity index (χ0) is 18.5. The summed E-state index contributed by atoms with van der Waals surface area (Å²) in [5.74, 6) is 0.0713. The van der Waals surface area contributed by atoms with E-state index in [1.165, 1.54) is 23.5 Å². The fraction of sp³-hybridized carbons (Fsp3) is 0.235. The number of nitrogens with zero attached hydrogens (tertiary/aromatic N) is 3. The summed E-state index contributed by atoms with van der Waals surface area (Å²) >= 11 is 0. The van der Waals surface area contributed by atoms with Crippen LogP contribution in [0.3, 0.4) is 0 Å². The molecule has 1 aromatic carbocycles. The maximum absolute atomic E-state index is 14.5. The van der Waals surface area contributed by atoms with Gasteiger partial charge in [0.1, 0.15) is 24.1 Å². The SMILES string of the molecule is CN=CNNc1ccc(-c2ccc(N3CC(CO)OC3=O)cc2F)cn1. The molecule has 1 atom stereocenters. The first-order valence-electron chi connectivity index (χ1n) is 7.89. The summed E-state index contributed by atoms with van der Waals surface area (Å²) in [5.41, 5.74) is 6.88. The molecule has 3 N–H and O–H groups in total. The fourth-order valence-corrected chi connectivity index (χ4v) is 2.53. The zero-order valence-electron chi connectivity index (χ0n) is 14.0. The van der Waals surface area contributed by atoms with Gasteiger partial charge in [0.05, 0.1) is 18.8 Å². The van der Waals surface area contributed by atoms with Gasteiger partial charge in [-0.05, 0) is 30.3 Å². The van der Waals surface area contributed by atoms with E-state index < -0.39 is 18.0 Å². The molecule has 8 nitrogen and oxygen atoms in total. The van der Waals surface area contributed by atoms with E-state index in [1.54, 1.807) is 31.3 Å². The van der Waals surface area contributed by atoms with E-state index in [9.17, 15) is 9.18 Å². The number of rotatable bonds is 6. The van der Waals surface area contributed by atoms with E-state index in [-0.39, 0.29) is 13.2 Å². The van der Waals surface area contributed by atoms with Crippen LogP contribution >= 0.6 is 0 Å². The largest absolute Gasteiger partial charge is 0.441 e. The monoisotopic (exact) mass is 359 g/mol. The Balaban J connectivity index is 1.76. The molecule has 9 heteroatoms. The molecule has 1 unspecified atom stereocenters. The molecule has 0 radical (unpaired) electrons. The Morgan fingerprint density at radius 1 is 1.46 bits per heavy atom. The van der Waals surface area contributed by atoms with Crippen LogP contribution in [0.2, 0.25) is 0 Å². The number of ether oxygens (including phenoxy) is 1. The molecule has 0 bridgehead atoms. The van der Waals surface area contributed by atoms with Gasteiger partial charge < -0.3 is 9.84 Å². The number of aliphatic hydroxyl groups excluding tert-OH is 1. The molecular weight excluding hydrogens is 341 g/mol. The summed E-state index contributed by atoms with van der Waals surface area (Å²) in [7, 11) is 1.63. The van der Waals surface area contributed by atoms with Crippen LogP contribution in [-0.2, 0) is 4.74 Å². The van der Waals surface area contributed by atoms with Crippen LogP contribution in [0.25, 0.3) is 11.1 Å². The van der Waals surface area contributed by atoms with E-state index in [0.29, 0.717) is 22.6 Å². The topological polar surface area (TPSA) is 99.1 Å². The van der Waals surface area contributed by atoms with Gasteiger partial charge in [-0.15, -0.1) is 0 Å². The van der Waals surface area contributed by atoms with E-state index in [0.717, 1.165) is 0 Å². The first-order chi connectivity index (χ1) is 12.6. The molecule has 3 rings (SSSR count). The molecule has 1 saturated heterocycles. The standard InChI is InChI=1S/C17H18FN5O3/c1-19-10-21-22-16-5-2-11(7-20-16)14-4-3-12(6-15(14)18)23-8-13(9-24)26-17(23)25/h2-7,10,13,24H,8-9H2,1H3,(H,19,21)(H,20,22). The fourth-order valence-electron chi connectivity index (χ4n) is 2.53. The number of nitrogens with one attached hydrogen (secondary N) is 2. The average Bonchev–Trinajstić information content (AvgIpc) is 3.03. The Labute approximate surface area is 149 Å². The minimum atomic E-state index is -0.601. The Morgan fingerprint density at radius 3 is 2.92 bits per heavy atom. The van der Waals surface area contributed by atoms with Crippen LogP contribution in [0.4, 0.5) is 20.7 Å². The predicted octanol–water partition coefficient (Wildman–Crippen LogP) is 1.78. The molecule has 2 heterocycles. The number of pyridine rings is 1. The Hall–Kier alpha value is -3.20. The van der Waals surface area contributed by atoms with Crippen LogP contribution in [-0.4, -0.2) is 48.8 Å². The van der Waals surface area contributed by atoms with E-state index in [4.69, 9.17) is 9.84 Å². The van der Waals surface area contributed by atoms with Gasteiger partial charge in [0, 0.05) is 24.4 Å². The zero-order valence-corrected chi connectivity index (χ0v) is 14.0. The molecule has 1 fully saturated rings. The van der Waals surface area contributed by atoms with Gasteiger partial charge >= 0.3 is 6.09 Å². The Kier molecular flexibility index (Phi) is 5.28. The van der Waals surface area contributed by atoms with Gasteiger partial charge in [0.2, 0.25) is 0 Å². The lowest BCUT2D eigenvalue weighted by Gasteiger charge is -2.14. The summed E-state index contributed by atoms with van der Waals surface area (Å²) < 4.78 is 19.5. The van der Waals surface area contributed by atoms with E-state index in [2.05, 4.69) is 20.8 Å².